The molecule has 0 radical (unpaired) electrons. The number of aryl methyl sites for hydroxylation is 4. The third-order valence-corrected chi connectivity index (χ3v) is 14.2. The molecule has 0 unspecified atom stereocenters. The van der Waals surface area contributed by atoms with Gasteiger partial charge in [0.2, 0.25) is 0 Å². The lowest BCUT2D eigenvalue weighted by atomic mass is 9.95. The third kappa shape index (κ3) is 6.22. The molecule has 4 heteroatoms. The summed E-state index contributed by atoms with van der Waals surface area (Å²) in [5, 5.41) is 13.4. The molecule has 0 amide bonds. The Bertz CT molecular complexity index is 3700. The van der Waals surface area contributed by atoms with E-state index in [1.54, 1.807) is 0 Å². The molecule has 68 heavy (non-hydrogen) atoms. The van der Waals surface area contributed by atoms with E-state index in [2.05, 4.69) is 242 Å². The summed E-state index contributed by atoms with van der Waals surface area (Å²) in [5.41, 5.74) is 18.0. The average Bonchev–Trinajstić information content (AvgIpc) is 4.14. The lowest BCUT2D eigenvalue weighted by molar-refractivity contribution is 1.20. The van der Waals surface area contributed by atoms with Crippen molar-refractivity contribution in [3.8, 4) is 0 Å². The van der Waals surface area contributed by atoms with E-state index in [1.165, 1.54) is 22.3 Å². The molecule has 4 heterocycles. The van der Waals surface area contributed by atoms with Gasteiger partial charge in [0.1, 0.15) is 0 Å². The summed E-state index contributed by atoms with van der Waals surface area (Å²) in [5.74, 6) is 0. The van der Waals surface area contributed by atoms with Crippen LogP contribution in [0.5, 0.6) is 0 Å². The second kappa shape index (κ2) is 15.5. The van der Waals surface area contributed by atoms with Crippen molar-refractivity contribution in [2.45, 2.75) is 27.7 Å². The Morgan fingerprint density at radius 3 is 0.603 bits per heavy atom. The van der Waals surface area contributed by atoms with Crippen molar-refractivity contribution >= 4 is 65.4 Å². The summed E-state index contributed by atoms with van der Waals surface area (Å²) in [6, 6.07) is 71.7. The highest BCUT2D eigenvalue weighted by molar-refractivity contribution is 6.09. The van der Waals surface area contributed by atoms with Crippen molar-refractivity contribution in [1.29, 1.82) is 0 Å². The van der Waals surface area contributed by atoms with Gasteiger partial charge >= 0.3 is 0 Å². The van der Waals surface area contributed by atoms with Crippen LogP contribution in [0, 0.1) is 27.7 Å². The first kappa shape index (κ1) is 39.7. The van der Waals surface area contributed by atoms with E-state index < -0.39 is 0 Å². The standard InChI is InChI=1S/C64H48N4/c1-37-21-29-41(30-22-37)53-57-45-13-5-7-15-47(45)59(65-57)54(42-31-23-38(2)24-32-42)61-49-17-9-11-19-51(49)63(67-61)56(44-35-27-40(4)28-36-44)64-52-20-12-10-18-50(52)62(68-64)55(43-33-25-39(3)26-34-43)60-48-16-8-6-14-46(48)58(53)66-60/h5-36,65-68H,1-4H3. The highest BCUT2D eigenvalue weighted by atomic mass is 14.8. The van der Waals surface area contributed by atoms with Crippen LogP contribution in [0.2, 0.25) is 0 Å². The summed E-state index contributed by atoms with van der Waals surface area (Å²) in [4.78, 5) is 16.9. The maximum atomic E-state index is 4.22. The van der Waals surface area contributed by atoms with Crippen LogP contribution in [0.15, 0.2) is 194 Å². The molecular weight excluding hydrogens is 825 g/mol. The minimum Gasteiger partial charge on any atom is -0.353 e. The van der Waals surface area contributed by atoms with E-state index in [4.69, 9.17) is 0 Å². The molecule has 12 aromatic rings. The van der Waals surface area contributed by atoms with Crippen molar-refractivity contribution in [3.63, 3.8) is 0 Å². The molecule has 324 valence electrons. The van der Waals surface area contributed by atoms with Crippen LogP contribution >= 0.6 is 0 Å². The monoisotopic (exact) mass is 872 g/mol. The summed E-state index contributed by atoms with van der Waals surface area (Å²) in [6.45, 7) is 8.65. The zero-order chi connectivity index (χ0) is 45.6. The quantitative estimate of drug-likeness (QED) is 0.136. The van der Waals surface area contributed by atoms with Gasteiger partial charge in [0, 0.05) is 65.4 Å². The van der Waals surface area contributed by atoms with Gasteiger partial charge in [-0.05, 0) is 49.9 Å². The van der Waals surface area contributed by atoms with Crippen LogP contribution < -0.4 is 21.4 Å². The molecule has 4 aromatic heterocycles. The largest absolute Gasteiger partial charge is 0.353 e. The van der Waals surface area contributed by atoms with Crippen molar-refractivity contribution < 1.29 is 0 Å². The molecule has 0 spiro atoms. The smallest absolute Gasteiger partial charge is 0.0566 e. The fraction of sp³-hybridized carbons (Fsp3) is 0.0625. The number of aromatic amines is 4. The maximum Gasteiger partial charge on any atom is 0.0566 e. The van der Waals surface area contributed by atoms with Gasteiger partial charge < -0.3 is 19.9 Å². The van der Waals surface area contributed by atoms with E-state index >= 15 is 0 Å². The molecule has 8 bridgehead atoms. The van der Waals surface area contributed by atoms with Crippen LogP contribution in [0.25, 0.3) is 65.4 Å². The number of hydrogen-bond acceptors (Lipinski definition) is 0. The zero-order valence-corrected chi connectivity index (χ0v) is 38.5. The van der Waals surface area contributed by atoms with Gasteiger partial charge in [-0.15, -0.1) is 0 Å². The number of H-pyrrole nitrogens is 4. The SMILES string of the molecule is Cc1ccc(C2=c3[nH]c(c4ccccc34)=C(c3ccc(C)cc3)c3[nH]c(c4ccccc34)C(c3ccc(C)cc3)=c3[nH]c(c4ccccc34)=C(c3ccc(C)cc3)c3[nH]c2c2ccccc32)cc1. The highest BCUT2D eigenvalue weighted by Crippen LogP contribution is 2.38. The van der Waals surface area contributed by atoms with E-state index in [0.29, 0.717) is 0 Å². The molecule has 0 aliphatic heterocycles. The van der Waals surface area contributed by atoms with Crippen molar-refractivity contribution in [1.82, 2.24) is 19.9 Å². The Balaban J connectivity index is 1.36. The molecular formula is C64H48N4. The normalized spacial score (nSPS) is 12.9. The van der Waals surface area contributed by atoms with Gasteiger partial charge in [-0.25, -0.2) is 0 Å². The molecule has 0 fully saturated rings. The average molecular weight is 873 g/mol. The summed E-state index contributed by atoms with van der Waals surface area (Å²) in [6.07, 6.45) is 0. The van der Waals surface area contributed by atoms with E-state index in [0.717, 1.165) is 132 Å². The second-order valence-electron chi connectivity index (χ2n) is 18.6. The first-order valence-electron chi connectivity index (χ1n) is 23.6. The minimum absolute atomic E-state index is 1.06. The molecule has 4 N–H and O–H groups in total. The van der Waals surface area contributed by atoms with Crippen molar-refractivity contribution in [2.75, 3.05) is 0 Å². The number of hydrogen-bond donors (Lipinski definition) is 4. The molecule has 4 nitrogen and oxygen atoms in total. The van der Waals surface area contributed by atoms with Gasteiger partial charge in [0.15, 0.2) is 0 Å². The van der Waals surface area contributed by atoms with Crippen LogP contribution in [0.1, 0.15) is 67.3 Å². The van der Waals surface area contributed by atoms with Crippen LogP contribution in [0.3, 0.4) is 0 Å². The molecule has 8 aromatic carbocycles. The predicted octanol–water partition coefficient (Wildman–Crippen LogP) is 12.1. The molecule has 1 aliphatic carbocycles. The minimum atomic E-state index is 1.06. The zero-order valence-electron chi connectivity index (χ0n) is 38.5. The third-order valence-electron chi connectivity index (χ3n) is 14.2. The Labute approximate surface area is 394 Å². The Morgan fingerprint density at radius 1 is 0.206 bits per heavy atom. The number of nitrogens with one attached hydrogen (secondary N) is 4. The fourth-order valence-electron chi connectivity index (χ4n) is 10.8. The van der Waals surface area contributed by atoms with Crippen LogP contribution in [-0.2, 0) is 0 Å². The molecule has 13 rings (SSSR count). The van der Waals surface area contributed by atoms with Crippen molar-refractivity contribution in [2.24, 2.45) is 0 Å². The Kier molecular flexibility index (Phi) is 9.06. The van der Waals surface area contributed by atoms with Gasteiger partial charge in [-0.2, -0.15) is 0 Å². The summed E-state index contributed by atoms with van der Waals surface area (Å²) >= 11 is 0. The van der Waals surface area contributed by atoms with E-state index in [-0.39, 0.29) is 0 Å². The molecule has 1 aliphatic rings. The number of aromatic nitrogens is 4. The van der Waals surface area contributed by atoms with E-state index in [9.17, 15) is 0 Å². The van der Waals surface area contributed by atoms with Crippen LogP contribution in [0.4, 0.5) is 0 Å². The Morgan fingerprint density at radius 2 is 0.397 bits per heavy atom. The van der Waals surface area contributed by atoms with Crippen molar-refractivity contribution in [3.05, 3.63) is 283 Å². The van der Waals surface area contributed by atoms with Gasteiger partial charge in [0.25, 0.3) is 0 Å². The predicted molar refractivity (Wildman–Crippen MR) is 283 cm³/mol. The number of benzene rings is 8. The highest BCUT2D eigenvalue weighted by Gasteiger charge is 2.26. The second-order valence-corrected chi connectivity index (χ2v) is 18.6. The van der Waals surface area contributed by atoms with Crippen LogP contribution in [-0.4, -0.2) is 19.9 Å². The first-order chi connectivity index (χ1) is 33.4. The van der Waals surface area contributed by atoms with Gasteiger partial charge in [-0.3, -0.25) is 0 Å². The molecule has 0 saturated carbocycles. The fourth-order valence-corrected chi connectivity index (χ4v) is 10.8. The maximum absolute atomic E-state index is 4.22. The Hall–Kier alpha value is -8.60. The summed E-state index contributed by atoms with van der Waals surface area (Å²) in [7, 11) is 0. The van der Waals surface area contributed by atoms with E-state index in [1.807, 2.05) is 0 Å². The topological polar surface area (TPSA) is 63.2 Å². The lowest BCUT2D eigenvalue weighted by Gasteiger charge is -2.11. The molecule has 0 atom stereocenters. The van der Waals surface area contributed by atoms with Gasteiger partial charge in [-0.1, -0.05) is 216 Å². The van der Waals surface area contributed by atoms with Gasteiger partial charge in [0.05, 0.1) is 44.2 Å². The lowest BCUT2D eigenvalue weighted by Crippen LogP contribution is -2.19. The molecule has 0 saturated heterocycles. The summed E-state index contributed by atoms with van der Waals surface area (Å²) < 4.78 is 0. The number of rotatable bonds is 4. The first-order valence-corrected chi connectivity index (χ1v) is 23.6.